The predicted octanol–water partition coefficient (Wildman–Crippen LogP) is 1.13. The number of rotatable bonds is 3. The van der Waals surface area contributed by atoms with Gasteiger partial charge in [-0.1, -0.05) is 0 Å². The molecule has 0 bridgehead atoms. The molecule has 0 amide bonds. The van der Waals surface area contributed by atoms with E-state index in [-0.39, 0.29) is 17.9 Å². The Hall–Kier alpha value is -1.49. The molecule has 0 aromatic carbocycles. The average molecular weight is 249 g/mol. The van der Waals surface area contributed by atoms with E-state index in [9.17, 15) is 4.79 Å². The molecule has 0 spiro atoms. The third kappa shape index (κ3) is 2.67. The van der Waals surface area contributed by atoms with E-state index in [1.54, 1.807) is 13.1 Å². The van der Waals surface area contributed by atoms with Gasteiger partial charge in [-0.25, -0.2) is 4.98 Å². The van der Waals surface area contributed by atoms with E-state index in [0.29, 0.717) is 5.88 Å². The monoisotopic (exact) mass is 249 g/mol. The highest BCUT2D eigenvalue weighted by molar-refractivity contribution is 5.81. The van der Waals surface area contributed by atoms with Crippen molar-refractivity contribution < 1.29 is 9.53 Å². The molecule has 98 valence electrons. The molecule has 1 aromatic heterocycles. The van der Waals surface area contributed by atoms with Gasteiger partial charge in [0.25, 0.3) is 0 Å². The summed E-state index contributed by atoms with van der Waals surface area (Å²) in [7, 11) is 1.95. The van der Waals surface area contributed by atoms with E-state index < -0.39 is 0 Å². The van der Waals surface area contributed by atoms with Crippen LogP contribution in [-0.4, -0.2) is 46.4 Å². The SMILES string of the molecule is CC(=O)C1C[C@@H](Oc2ncc(C)nc2C)CN1C. The van der Waals surface area contributed by atoms with Crippen molar-refractivity contribution in [1.82, 2.24) is 14.9 Å². The maximum absolute atomic E-state index is 11.4. The van der Waals surface area contributed by atoms with Crippen molar-refractivity contribution in [3.8, 4) is 5.88 Å². The molecule has 2 heterocycles. The molecule has 1 unspecified atom stereocenters. The zero-order valence-corrected chi connectivity index (χ0v) is 11.3. The maximum Gasteiger partial charge on any atom is 0.235 e. The van der Waals surface area contributed by atoms with Gasteiger partial charge in [0.05, 0.1) is 23.6 Å². The molecular weight excluding hydrogens is 230 g/mol. The molecule has 0 saturated carbocycles. The van der Waals surface area contributed by atoms with Crippen molar-refractivity contribution in [2.75, 3.05) is 13.6 Å². The average Bonchev–Trinajstić information content (AvgIpc) is 2.64. The summed E-state index contributed by atoms with van der Waals surface area (Å²) in [5.74, 6) is 0.763. The second-order valence-electron chi connectivity index (χ2n) is 4.94. The number of aryl methyl sites for hydroxylation is 2. The van der Waals surface area contributed by atoms with Gasteiger partial charge in [0, 0.05) is 13.0 Å². The van der Waals surface area contributed by atoms with Crippen LogP contribution in [0.3, 0.4) is 0 Å². The first kappa shape index (κ1) is 13.0. The summed E-state index contributed by atoms with van der Waals surface area (Å²) in [6, 6.07) is -0.0336. The lowest BCUT2D eigenvalue weighted by Crippen LogP contribution is -2.31. The number of likely N-dealkylation sites (N-methyl/N-ethyl adjacent to an activating group) is 1. The van der Waals surface area contributed by atoms with Gasteiger partial charge in [0.15, 0.2) is 0 Å². The topological polar surface area (TPSA) is 55.3 Å². The van der Waals surface area contributed by atoms with Gasteiger partial charge in [-0.2, -0.15) is 0 Å². The number of ether oxygens (including phenoxy) is 1. The Morgan fingerprint density at radius 1 is 1.50 bits per heavy atom. The predicted molar refractivity (Wildman–Crippen MR) is 67.6 cm³/mol. The highest BCUT2D eigenvalue weighted by atomic mass is 16.5. The minimum atomic E-state index is -0.0336. The fourth-order valence-corrected chi connectivity index (χ4v) is 2.37. The number of carbonyl (C=O) groups is 1. The molecule has 2 atom stereocenters. The number of Topliss-reactive ketones (excluding diaryl/α,β-unsaturated/α-hetero) is 1. The minimum absolute atomic E-state index is 0.0135. The van der Waals surface area contributed by atoms with Gasteiger partial charge in [-0.3, -0.25) is 14.7 Å². The van der Waals surface area contributed by atoms with Crippen LogP contribution in [0.2, 0.25) is 0 Å². The molecule has 5 nitrogen and oxygen atoms in total. The Balaban J connectivity index is 2.05. The molecule has 18 heavy (non-hydrogen) atoms. The molecule has 0 N–H and O–H groups in total. The van der Waals surface area contributed by atoms with E-state index in [0.717, 1.165) is 24.4 Å². The minimum Gasteiger partial charge on any atom is -0.472 e. The molecule has 1 fully saturated rings. The van der Waals surface area contributed by atoms with Gasteiger partial charge in [-0.15, -0.1) is 0 Å². The smallest absolute Gasteiger partial charge is 0.235 e. The quantitative estimate of drug-likeness (QED) is 0.804. The van der Waals surface area contributed by atoms with Gasteiger partial charge < -0.3 is 4.74 Å². The van der Waals surface area contributed by atoms with E-state index in [2.05, 4.69) is 9.97 Å². The molecule has 2 rings (SSSR count). The van der Waals surface area contributed by atoms with Crippen LogP contribution in [0.1, 0.15) is 24.7 Å². The number of likely N-dealkylation sites (tertiary alicyclic amines) is 1. The van der Waals surface area contributed by atoms with Crippen molar-refractivity contribution in [1.29, 1.82) is 0 Å². The van der Waals surface area contributed by atoms with Crippen molar-refractivity contribution in [2.45, 2.75) is 39.3 Å². The summed E-state index contributed by atoms with van der Waals surface area (Å²) < 4.78 is 5.84. The van der Waals surface area contributed by atoms with Crippen molar-refractivity contribution in [3.63, 3.8) is 0 Å². The second kappa shape index (κ2) is 5.02. The Morgan fingerprint density at radius 3 is 2.78 bits per heavy atom. The van der Waals surface area contributed by atoms with Crippen LogP contribution in [0.25, 0.3) is 0 Å². The summed E-state index contributed by atoms with van der Waals surface area (Å²) in [6.45, 7) is 6.16. The van der Waals surface area contributed by atoms with Gasteiger partial charge >= 0.3 is 0 Å². The van der Waals surface area contributed by atoms with Gasteiger partial charge in [0.2, 0.25) is 5.88 Å². The molecule has 1 aliphatic heterocycles. The molecule has 1 aromatic rings. The molecule has 1 saturated heterocycles. The Labute approximate surface area is 107 Å². The number of hydrogen-bond donors (Lipinski definition) is 0. The molecule has 0 aliphatic carbocycles. The number of carbonyl (C=O) groups excluding carboxylic acids is 1. The summed E-state index contributed by atoms with van der Waals surface area (Å²) in [4.78, 5) is 22.0. The standard InChI is InChI=1S/C13H19N3O2/c1-8-6-14-13(9(2)15-8)18-11-5-12(10(3)17)16(4)7-11/h6,11-12H,5,7H2,1-4H3/t11-,12?/m1/s1. The van der Waals surface area contributed by atoms with Gasteiger partial charge in [0.1, 0.15) is 11.9 Å². The number of aromatic nitrogens is 2. The van der Waals surface area contributed by atoms with Crippen LogP contribution in [0.15, 0.2) is 6.20 Å². The lowest BCUT2D eigenvalue weighted by atomic mass is 10.1. The van der Waals surface area contributed by atoms with Crippen molar-refractivity contribution >= 4 is 5.78 Å². The number of ketones is 1. The molecular formula is C13H19N3O2. The lowest BCUT2D eigenvalue weighted by molar-refractivity contribution is -0.120. The number of hydrogen-bond acceptors (Lipinski definition) is 5. The molecule has 5 heteroatoms. The summed E-state index contributed by atoms with van der Waals surface area (Å²) in [5, 5.41) is 0. The van der Waals surface area contributed by atoms with E-state index in [1.807, 2.05) is 25.8 Å². The highest BCUT2D eigenvalue weighted by Crippen LogP contribution is 2.22. The van der Waals surface area contributed by atoms with Crippen LogP contribution in [0.4, 0.5) is 0 Å². The molecule has 0 radical (unpaired) electrons. The first-order chi connectivity index (χ1) is 8.47. The second-order valence-corrected chi connectivity index (χ2v) is 4.94. The first-order valence-electron chi connectivity index (χ1n) is 6.15. The third-order valence-electron chi connectivity index (χ3n) is 3.28. The van der Waals surface area contributed by atoms with Crippen LogP contribution in [0.5, 0.6) is 5.88 Å². The van der Waals surface area contributed by atoms with E-state index in [4.69, 9.17) is 4.74 Å². The maximum atomic E-state index is 11.4. The largest absolute Gasteiger partial charge is 0.472 e. The fraction of sp³-hybridized carbons (Fsp3) is 0.615. The van der Waals surface area contributed by atoms with Crippen LogP contribution in [0, 0.1) is 13.8 Å². The first-order valence-corrected chi connectivity index (χ1v) is 6.15. The fourth-order valence-electron chi connectivity index (χ4n) is 2.37. The van der Waals surface area contributed by atoms with E-state index >= 15 is 0 Å². The Kier molecular flexibility index (Phi) is 3.61. The zero-order chi connectivity index (χ0) is 13.3. The normalized spacial score (nSPS) is 24.2. The summed E-state index contributed by atoms with van der Waals surface area (Å²) >= 11 is 0. The number of nitrogens with zero attached hydrogens (tertiary/aromatic N) is 3. The lowest BCUT2D eigenvalue weighted by Gasteiger charge is -2.14. The van der Waals surface area contributed by atoms with Gasteiger partial charge in [-0.05, 0) is 27.8 Å². The highest BCUT2D eigenvalue weighted by Gasteiger charge is 2.34. The Morgan fingerprint density at radius 2 is 2.22 bits per heavy atom. The van der Waals surface area contributed by atoms with Crippen molar-refractivity contribution in [3.05, 3.63) is 17.6 Å². The van der Waals surface area contributed by atoms with Crippen LogP contribution >= 0.6 is 0 Å². The van der Waals surface area contributed by atoms with Crippen molar-refractivity contribution in [2.24, 2.45) is 0 Å². The van der Waals surface area contributed by atoms with Crippen LogP contribution < -0.4 is 4.74 Å². The van der Waals surface area contributed by atoms with Crippen LogP contribution in [-0.2, 0) is 4.79 Å². The molecule has 1 aliphatic rings. The summed E-state index contributed by atoms with van der Waals surface area (Å²) in [6.07, 6.45) is 2.43. The Bertz CT molecular complexity index is 462. The van der Waals surface area contributed by atoms with E-state index in [1.165, 1.54) is 0 Å². The summed E-state index contributed by atoms with van der Waals surface area (Å²) in [5.41, 5.74) is 1.67. The third-order valence-corrected chi connectivity index (χ3v) is 3.28. The zero-order valence-electron chi connectivity index (χ0n) is 11.3.